The molecule has 1 fully saturated rings. The third kappa shape index (κ3) is 6.29. The van der Waals surface area contributed by atoms with E-state index >= 15 is 0 Å². The lowest BCUT2D eigenvalue weighted by Crippen LogP contribution is -2.38. The van der Waals surface area contributed by atoms with Crippen LogP contribution in [0.25, 0.3) is 5.76 Å². The molecule has 2 aromatic carbocycles. The number of carbonyl (C=O) groups excluding carboxylic acids is 2. The van der Waals surface area contributed by atoms with Gasteiger partial charge >= 0.3 is 0 Å². The molecule has 1 aromatic heterocycles. The lowest BCUT2D eigenvalue weighted by atomic mass is 9.95. The van der Waals surface area contributed by atoms with Gasteiger partial charge in [0.2, 0.25) is 0 Å². The van der Waals surface area contributed by atoms with Gasteiger partial charge < -0.3 is 24.4 Å². The van der Waals surface area contributed by atoms with Crippen LogP contribution in [-0.4, -0.2) is 64.4 Å². The highest BCUT2D eigenvalue weighted by Gasteiger charge is 2.46. The second kappa shape index (κ2) is 13.1. The third-order valence-electron chi connectivity index (χ3n) is 6.87. The number of aliphatic hydroxyl groups is 1. The van der Waals surface area contributed by atoms with Crippen LogP contribution in [0.3, 0.4) is 0 Å². The Bertz CT molecular complexity index is 1310. The first-order valence-electron chi connectivity index (χ1n) is 13.3. The van der Waals surface area contributed by atoms with Crippen molar-refractivity contribution in [2.45, 2.75) is 33.4 Å². The van der Waals surface area contributed by atoms with E-state index in [1.807, 2.05) is 43.3 Å². The average molecular weight is 530 g/mol. The van der Waals surface area contributed by atoms with Gasteiger partial charge in [-0.05, 0) is 55.4 Å². The molecule has 1 aliphatic heterocycles. The van der Waals surface area contributed by atoms with Gasteiger partial charge in [-0.15, -0.1) is 0 Å². The van der Waals surface area contributed by atoms with Crippen molar-refractivity contribution in [2.75, 3.05) is 32.8 Å². The standard InChI is InChI=1S/C31H35N3O5/c1-4-33(5-2)18-19-34-28(27(30(36)31(34)37)29(35)23-14-16-32-17-15-23)24-12-13-25(26(20-24)38-6-3)39-21-22-10-8-7-9-11-22/h7-17,20,28,35H,4-6,18-19,21H2,1-3H3. The van der Waals surface area contributed by atoms with E-state index in [9.17, 15) is 14.7 Å². The fraction of sp³-hybridized carbons (Fsp3) is 0.323. The van der Waals surface area contributed by atoms with Crippen LogP contribution in [0.4, 0.5) is 0 Å². The molecule has 0 bridgehead atoms. The largest absolute Gasteiger partial charge is 0.507 e. The molecule has 8 nitrogen and oxygen atoms in total. The highest BCUT2D eigenvalue weighted by molar-refractivity contribution is 6.46. The maximum Gasteiger partial charge on any atom is 0.295 e. The second-order valence-electron chi connectivity index (χ2n) is 9.17. The highest BCUT2D eigenvalue weighted by Crippen LogP contribution is 2.42. The first-order valence-corrected chi connectivity index (χ1v) is 13.3. The minimum atomic E-state index is -0.781. The lowest BCUT2D eigenvalue weighted by Gasteiger charge is -2.28. The van der Waals surface area contributed by atoms with Gasteiger partial charge in [-0.3, -0.25) is 14.6 Å². The van der Waals surface area contributed by atoms with E-state index < -0.39 is 17.7 Å². The average Bonchev–Trinajstić information content (AvgIpc) is 3.23. The molecule has 0 saturated carbocycles. The van der Waals surface area contributed by atoms with E-state index in [2.05, 4.69) is 23.7 Å². The summed E-state index contributed by atoms with van der Waals surface area (Å²) < 4.78 is 12.0. The minimum absolute atomic E-state index is 0.0474. The summed E-state index contributed by atoms with van der Waals surface area (Å²) in [5.41, 5.74) is 2.14. The van der Waals surface area contributed by atoms with Gasteiger partial charge in [-0.25, -0.2) is 0 Å². The van der Waals surface area contributed by atoms with E-state index in [1.165, 1.54) is 12.4 Å². The van der Waals surface area contributed by atoms with Crippen molar-refractivity contribution in [3.8, 4) is 11.5 Å². The predicted molar refractivity (Wildman–Crippen MR) is 149 cm³/mol. The van der Waals surface area contributed by atoms with Crippen LogP contribution in [0.2, 0.25) is 0 Å². The lowest BCUT2D eigenvalue weighted by molar-refractivity contribution is -0.140. The topological polar surface area (TPSA) is 92.2 Å². The van der Waals surface area contributed by atoms with Crippen LogP contribution >= 0.6 is 0 Å². The maximum absolute atomic E-state index is 13.3. The van der Waals surface area contributed by atoms with E-state index in [4.69, 9.17) is 9.47 Å². The molecular formula is C31H35N3O5. The number of ketones is 1. The number of likely N-dealkylation sites (tertiary alicyclic amines) is 1. The number of hydrogen-bond acceptors (Lipinski definition) is 7. The van der Waals surface area contributed by atoms with Gasteiger partial charge in [-0.1, -0.05) is 50.2 Å². The minimum Gasteiger partial charge on any atom is -0.507 e. The van der Waals surface area contributed by atoms with Crippen LogP contribution in [0.15, 0.2) is 78.6 Å². The van der Waals surface area contributed by atoms with Gasteiger partial charge in [0.05, 0.1) is 18.2 Å². The molecule has 1 unspecified atom stereocenters. The molecule has 1 amide bonds. The zero-order valence-corrected chi connectivity index (χ0v) is 22.7. The van der Waals surface area contributed by atoms with Gasteiger partial charge in [0.1, 0.15) is 12.4 Å². The monoisotopic (exact) mass is 529 g/mol. The molecule has 1 saturated heterocycles. The Balaban J connectivity index is 1.75. The van der Waals surface area contributed by atoms with Crippen molar-refractivity contribution in [2.24, 2.45) is 0 Å². The molecule has 204 valence electrons. The fourth-order valence-electron chi connectivity index (χ4n) is 4.73. The van der Waals surface area contributed by atoms with Crippen LogP contribution in [-0.2, 0) is 16.2 Å². The number of Topliss-reactive ketones (excluding diaryl/α,β-unsaturated/α-hetero) is 1. The van der Waals surface area contributed by atoms with Crippen LogP contribution < -0.4 is 9.47 Å². The first kappa shape index (κ1) is 27.9. The molecule has 1 atom stereocenters. The number of hydrogen-bond donors (Lipinski definition) is 1. The summed E-state index contributed by atoms with van der Waals surface area (Å²) in [7, 11) is 0. The molecule has 2 heterocycles. The fourth-order valence-corrected chi connectivity index (χ4v) is 4.73. The Hall–Kier alpha value is -4.17. The summed E-state index contributed by atoms with van der Waals surface area (Å²) in [6.07, 6.45) is 3.07. The summed E-state index contributed by atoms with van der Waals surface area (Å²) in [4.78, 5) is 34.4. The van der Waals surface area contributed by atoms with Crippen LogP contribution in [0.1, 0.15) is 43.5 Å². The molecular weight excluding hydrogens is 494 g/mol. The molecule has 39 heavy (non-hydrogen) atoms. The van der Waals surface area contributed by atoms with Gasteiger partial charge in [0.15, 0.2) is 11.5 Å². The van der Waals surface area contributed by atoms with E-state index in [-0.39, 0.29) is 11.3 Å². The summed E-state index contributed by atoms with van der Waals surface area (Å²) in [5, 5.41) is 11.3. The van der Waals surface area contributed by atoms with Crippen molar-refractivity contribution in [1.29, 1.82) is 0 Å². The number of nitrogens with zero attached hydrogens (tertiary/aromatic N) is 3. The number of benzene rings is 2. The van der Waals surface area contributed by atoms with Crippen LogP contribution in [0.5, 0.6) is 11.5 Å². The summed E-state index contributed by atoms with van der Waals surface area (Å²) in [5.74, 6) is -0.516. The Morgan fingerprint density at radius 1 is 0.949 bits per heavy atom. The summed E-state index contributed by atoms with van der Waals surface area (Å²) in [6.45, 7) is 9.35. The molecule has 0 spiro atoms. The van der Waals surface area contributed by atoms with E-state index in [0.29, 0.717) is 48.9 Å². The molecule has 4 rings (SSSR count). The van der Waals surface area contributed by atoms with Crippen molar-refractivity contribution in [3.63, 3.8) is 0 Å². The number of rotatable bonds is 12. The number of amides is 1. The normalized spacial score (nSPS) is 16.6. The first-order chi connectivity index (χ1) is 19.0. The molecule has 1 N–H and O–H groups in total. The molecule has 8 heteroatoms. The second-order valence-corrected chi connectivity index (χ2v) is 9.17. The quantitative estimate of drug-likeness (QED) is 0.204. The number of carbonyl (C=O) groups is 2. The molecule has 1 aliphatic rings. The number of pyridine rings is 1. The smallest absolute Gasteiger partial charge is 0.295 e. The van der Waals surface area contributed by atoms with Crippen molar-refractivity contribution >= 4 is 17.4 Å². The Morgan fingerprint density at radius 3 is 2.33 bits per heavy atom. The Labute approximate surface area is 229 Å². The zero-order valence-electron chi connectivity index (χ0n) is 22.7. The number of aliphatic hydroxyl groups excluding tert-OH is 1. The van der Waals surface area contributed by atoms with Gasteiger partial charge in [-0.2, -0.15) is 0 Å². The summed E-state index contributed by atoms with van der Waals surface area (Å²) in [6, 6.07) is 17.7. The predicted octanol–water partition coefficient (Wildman–Crippen LogP) is 4.82. The van der Waals surface area contributed by atoms with Gasteiger partial charge in [0.25, 0.3) is 11.7 Å². The summed E-state index contributed by atoms with van der Waals surface area (Å²) >= 11 is 0. The number of likely N-dealkylation sites (N-methyl/N-ethyl adjacent to an activating group) is 1. The Morgan fingerprint density at radius 2 is 1.67 bits per heavy atom. The highest BCUT2D eigenvalue weighted by atomic mass is 16.5. The van der Waals surface area contributed by atoms with Crippen molar-refractivity contribution in [1.82, 2.24) is 14.8 Å². The number of ether oxygens (including phenoxy) is 2. The van der Waals surface area contributed by atoms with E-state index in [0.717, 1.165) is 18.7 Å². The third-order valence-corrected chi connectivity index (χ3v) is 6.87. The van der Waals surface area contributed by atoms with Gasteiger partial charge in [0, 0.05) is 31.0 Å². The molecule has 0 aliphatic carbocycles. The van der Waals surface area contributed by atoms with Crippen molar-refractivity contribution in [3.05, 3.63) is 95.3 Å². The Kier molecular flexibility index (Phi) is 9.33. The SMILES string of the molecule is CCOc1cc(C2C(=C(O)c3ccncc3)C(=O)C(=O)N2CCN(CC)CC)ccc1OCc1ccccc1. The maximum atomic E-state index is 13.3. The van der Waals surface area contributed by atoms with Crippen molar-refractivity contribution < 1.29 is 24.2 Å². The van der Waals surface area contributed by atoms with Crippen LogP contribution in [0, 0.1) is 0 Å². The number of aromatic nitrogens is 1. The molecule has 3 aromatic rings. The van der Waals surface area contributed by atoms with E-state index in [1.54, 1.807) is 29.2 Å². The molecule has 0 radical (unpaired) electrons. The zero-order chi connectivity index (χ0) is 27.8.